The second-order valence-electron chi connectivity index (χ2n) is 4.96. The molecule has 106 valence electrons. The van der Waals surface area contributed by atoms with Crippen molar-refractivity contribution in [1.82, 2.24) is 10.2 Å². The van der Waals surface area contributed by atoms with Crippen LogP contribution in [0.15, 0.2) is 4.34 Å². The van der Waals surface area contributed by atoms with Crippen LogP contribution in [-0.2, 0) is 4.79 Å². The minimum Gasteiger partial charge on any atom is -0.481 e. The van der Waals surface area contributed by atoms with Crippen LogP contribution in [0.25, 0.3) is 0 Å². The summed E-state index contributed by atoms with van der Waals surface area (Å²) < 4.78 is 0.710. The summed E-state index contributed by atoms with van der Waals surface area (Å²) in [5, 5.41) is 20.8. The van der Waals surface area contributed by atoms with Crippen LogP contribution >= 0.6 is 23.1 Å². The van der Waals surface area contributed by atoms with E-state index in [0.717, 1.165) is 17.6 Å². The van der Waals surface area contributed by atoms with Gasteiger partial charge in [-0.1, -0.05) is 49.3 Å². The van der Waals surface area contributed by atoms with E-state index in [4.69, 9.17) is 5.11 Å². The number of carbonyl (C=O) groups is 1. The number of carboxylic acids is 1. The summed E-state index contributed by atoms with van der Waals surface area (Å²) in [4.78, 5) is 10.5. The molecule has 0 amide bonds. The highest BCUT2D eigenvalue weighted by molar-refractivity contribution is 8.01. The molecule has 2 unspecified atom stereocenters. The van der Waals surface area contributed by atoms with Crippen molar-refractivity contribution in [2.45, 2.75) is 36.9 Å². The van der Waals surface area contributed by atoms with Gasteiger partial charge in [-0.05, 0) is 18.3 Å². The Balaban J connectivity index is 1.78. The molecule has 5 nitrogen and oxygen atoms in total. The smallest absolute Gasteiger partial charge is 0.313 e. The third kappa shape index (κ3) is 4.65. The second-order valence-corrected chi connectivity index (χ2v) is 7.16. The molecule has 1 aliphatic rings. The van der Waals surface area contributed by atoms with Crippen LogP contribution in [0.2, 0.25) is 0 Å². The topological polar surface area (TPSA) is 75.1 Å². The minimum atomic E-state index is -0.828. The second kappa shape index (κ2) is 7.09. The molecule has 0 spiro atoms. The number of nitrogens with zero attached hydrogens (tertiary/aromatic N) is 2. The van der Waals surface area contributed by atoms with Crippen LogP contribution in [0.1, 0.15) is 32.6 Å². The Morgan fingerprint density at radius 3 is 3.00 bits per heavy atom. The van der Waals surface area contributed by atoms with Crippen molar-refractivity contribution >= 4 is 34.2 Å². The Bertz CT molecular complexity index is 425. The van der Waals surface area contributed by atoms with E-state index in [2.05, 4.69) is 22.4 Å². The Morgan fingerprint density at radius 1 is 1.47 bits per heavy atom. The van der Waals surface area contributed by atoms with E-state index in [1.807, 2.05) is 0 Å². The van der Waals surface area contributed by atoms with Crippen LogP contribution in [-0.4, -0.2) is 33.6 Å². The fourth-order valence-corrected chi connectivity index (χ4v) is 3.86. The van der Waals surface area contributed by atoms with Crippen molar-refractivity contribution < 1.29 is 9.90 Å². The fourth-order valence-electron chi connectivity index (χ4n) is 2.38. The molecule has 1 aliphatic carbocycles. The van der Waals surface area contributed by atoms with Crippen molar-refractivity contribution in [3.63, 3.8) is 0 Å². The first-order valence-electron chi connectivity index (χ1n) is 6.57. The van der Waals surface area contributed by atoms with Gasteiger partial charge in [0.1, 0.15) is 0 Å². The maximum Gasteiger partial charge on any atom is 0.313 e. The predicted molar refractivity (Wildman–Crippen MR) is 77.9 cm³/mol. The summed E-state index contributed by atoms with van der Waals surface area (Å²) in [6.07, 6.45) is 5.29. The molecule has 1 heterocycles. The molecule has 7 heteroatoms. The fraction of sp³-hybridized carbons (Fsp3) is 0.750. The van der Waals surface area contributed by atoms with Crippen LogP contribution in [0.4, 0.5) is 5.13 Å². The Hall–Kier alpha value is -0.820. The number of anilines is 1. The molecule has 0 radical (unpaired) electrons. The number of carboxylic acid groups (broad SMARTS) is 1. The van der Waals surface area contributed by atoms with E-state index in [0.29, 0.717) is 10.3 Å². The molecule has 1 fully saturated rings. The predicted octanol–water partition coefficient (Wildman–Crippen LogP) is 2.95. The molecule has 0 bridgehead atoms. The van der Waals surface area contributed by atoms with Gasteiger partial charge in [0.2, 0.25) is 5.13 Å². The first-order chi connectivity index (χ1) is 9.15. The highest BCUT2D eigenvalue weighted by Crippen LogP contribution is 2.30. The third-order valence-corrected chi connectivity index (χ3v) is 5.53. The molecule has 19 heavy (non-hydrogen) atoms. The van der Waals surface area contributed by atoms with Gasteiger partial charge < -0.3 is 10.4 Å². The van der Waals surface area contributed by atoms with Crippen LogP contribution in [0.5, 0.6) is 0 Å². The van der Waals surface area contributed by atoms with Crippen molar-refractivity contribution in [3.8, 4) is 0 Å². The molecule has 0 aromatic carbocycles. The van der Waals surface area contributed by atoms with Gasteiger partial charge in [0.25, 0.3) is 0 Å². The molecule has 1 aromatic rings. The molecular formula is C12H19N3O2S2. The molecule has 2 rings (SSSR count). The zero-order valence-corrected chi connectivity index (χ0v) is 12.6. The van der Waals surface area contributed by atoms with E-state index >= 15 is 0 Å². The van der Waals surface area contributed by atoms with Crippen molar-refractivity contribution in [2.24, 2.45) is 11.8 Å². The van der Waals surface area contributed by atoms with Gasteiger partial charge in [0.15, 0.2) is 4.34 Å². The summed E-state index contributed by atoms with van der Waals surface area (Å²) in [6, 6.07) is 0. The van der Waals surface area contributed by atoms with Gasteiger partial charge >= 0.3 is 5.97 Å². The number of hydrogen-bond donors (Lipinski definition) is 2. The highest BCUT2D eigenvalue weighted by atomic mass is 32.2. The van der Waals surface area contributed by atoms with Crippen molar-refractivity contribution in [1.29, 1.82) is 0 Å². The zero-order chi connectivity index (χ0) is 13.7. The number of nitrogens with one attached hydrogen (secondary N) is 1. The van der Waals surface area contributed by atoms with E-state index in [9.17, 15) is 4.79 Å². The van der Waals surface area contributed by atoms with Crippen molar-refractivity contribution in [2.75, 3.05) is 17.6 Å². The lowest BCUT2D eigenvalue weighted by molar-refractivity contribution is -0.133. The molecule has 1 aromatic heterocycles. The average Bonchev–Trinajstić information content (AvgIpc) is 2.83. The van der Waals surface area contributed by atoms with Crippen LogP contribution in [0.3, 0.4) is 0 Å². The lowest BCUT2D eigenvalue weighted by Crippen LogP contribution is -2.24. The average molecular weight is 301 g/mol. The van der Waals surface area contributed by atoms with Gasteiger partial charge in [-0.2, -0.15) is 0 Å². The van der Waals surface area contributed by atoms with Crippen molar-refractivity contribution in [3.05, 3.63) is 0 Å². The Labute approximate surface area is 121 Å². The molecular weight excluding hydrogens is 282 g/mol. The number of thioether (sulfide) groups is 1. The van der Waals surface area contributed by atoms with Gasteiger partial charge in [-0.25, -0.2) is 0 Å². The summed E-state index contributed by atoms with van der Waals surface area (Å²) in [7, 11) is 0. The first-order valence-corrected chi connectivity index (χ1v) is 8.37. The lowest BCUT2D eigenvalue weighted by atomic mass is 9.80. The maximum atomic E-state index is 10.5. The Kier molecular flexibility index (Phi) is 5.45. The van der Waals surface area contributed by atoms with E-state index in [-0.39, 0.29) is 5.75 Å². The normalized spacial score (nSPS) is 23.2. The maximum absolute atomic E-state index is 10.5. The quantitative estimate of drug-likeness (QED) is 0.787. The first kappa shape index (κ1) is 14.6. The van der Waals surface area contributed by atoms with E-state index in [1.54, 1.807) is 0 Å². The van der Waals surface area contributed by atoms with Gasteiger partial charge in [0, 0.05) is 6.54 Å². The zero-order valence-electron chi connectivity index (χ0n) is 11.0. The van der Waals surface area contributed by atoms with E-state index < -0.39 is 5.97 Å². The summed E-state index contributed by atoms with van der Waals surface area (Å²) in [6.45, 7) is 3.26. The van der Waals surface area contributed by atoms with Crippen LogP contribution < -0.4 is 5.32 Å². The van der Waals surface area contributed by atoms with Crippen LogP contribution in [0, 0.1) is 11.8 Å². The highest BCUT2D eigenvalue weighted by Gasteiger charge is 2.21. The lowest BCUT2D eigenvalue weighted by Gasteiger charge is -2.28. The summed E-state index contributed by atoms with van der Waals surface area (Å²) in [5.74, 6) is 0.697. The van der Waals surface area contributed by atoms with Gasteiger partial charge in [0.05, 0.1) is 5.75 Å². The molecule has 0 saturated heterocycles. The third-order valence-electron chi connectivity index (χ3n) is 3.53. The Morgan fingerprint density at radius 2 is 2.26 bits per heavy atom. The number of aromatic nitrogens is 2. The largest absolute Gasteiger partial charge is 0.481 e. The molecule has 2 atom stereocenters. The number of hydrogen-bond acceptors (Lipinski definition) is 6. The number of rotatable bonds is 6. The molecule has 1 saturated carbocycles. The summed E-state index contributed by atoms with van der Waals surface area (Å²) in [5.41, 5.74) is 0. The number of aliphatic carboxylic acids is 1. The SMILES string of the molecule is CC1CCCCC1CNc1nnc(SCC(=O)O)s1. The molecule has 2 N–H and O–H groups in total. The van der Waals surface area contributed by atoms with Gasteiger partial charge in [-0.3, -0.25) is 4.79 Å². The minimum absolute atomic E-state index is 0.0360. The van der Waals surface area contributed by atoms with Gasteiger partial charge in [-0.15, -0.1) is 10.2 Å². The standard InChI is InChI=1S/C12H19N3O2S2/c1-8-4-2-3-5-9(8)6-13-11-14-15-12(19-11)18-7-10(16)17/h8-9H,2-7H2,1H3,(H,13,14)(H,16,17). The molecule has 0 aliphatic heterocycles. The van der Waals surface area contributed by atoms with E-state index in [1.165, 1.54) is 48.8 Å². The monoisotopic (exact) mass is 301 g/mol. The summed E-state index contributed by atoms with van der Waals surface area (Å²) >= 11 is 2.65.